The Labute approximate surface area is 213 Å². The normalized spacial score (nSPS) is 29.7. The molecule has 0 atom stereocenters. The van der Waals surface area contributed by atoms with E-state index in [2.05, 4.69) is 10.3 Å². The van der Waals surface area contributed by atoms with E-state index < -0.39 is 5.97 Å². The van der Waals surface area contributed by atoms with Gasteiger partial charge in [0.2, 0.25) is 0 Å². The first-order valence-corrected chi connectivity index (χ1v) is 14.2. The number of carboxylic acid groups (broad SMARTS) is 1. The number of anilines is 1. The molecule has 6 nitrogen and oxygen atoms in total. The first kappa shape index (κ1) is 23.7. The lowest BCUT2D eigenvalue weighted by molar-refractivity contribution is -0.0570. The fourth-order valence-corrected chi connectivity index (χ4v) is 8.45. The zero-order chi connectivity index (χ0) is 24.7. The van der Waals surface area contributed by atoms with Crippen molar-refractivity contribution in [2.24, 2.45) is 23.2 Å². The number of aromatic carboxylic acids is 1. The molecule has 0 spiro atoms. The predicted molar refractivity (Wildman–Crippen MR) is 139 cm³/mol. The highest BCUT2D eigenvalue weighted by Crippen LogP contribution is 2.61. The summed E-state index contributed by atoms with van der Waals surface area (Å²) in [6, 6.07) is 6.44. The van der Waals surface area contributed by atoms with E-state index in [0.717, 1.165) is 55.0 Å². The van der Waals surface area contributed by atoms with E-state index in [0.29, 0.717) is 22.7 Å². The van der Waals surface area contributed by atoms with E-state index in [-0.39, 0.29) is 11.5 Å². The molecule has 1 heterocycles. The number of benzene rings is 1. The number of carboxylic acids is 1. The molecule has 1 amide bonds. The Morgan fingerprint density at radius 3 is 2.31 bits per heavy atom. The zero-order valence-electron chi connectivity index (χ0n) is 21.2. The summed E-state index contributed by atoms with van der Waals surface area (Å²) in [6.45, 7) is 0. The number of rotatable bonds is 7. The number of hydrogen-bond acceptors (Lipinski definition) is 3. The van der Waals surface area contributed by atoms with Crippen LogP contribution in [0.4, 0.5) is 5.69 Å². The molecule has 5 fully saturated rings. The molecule has 0 unspecified atom stereocenters. The number of nitrogens with one attached hydrogen (secondary N) is 2. The molecule has 5 aliphatic carbocycles. The molecule has 1 aromatic carbocycles. The Bertz CT molecular complexity index is 1090. The molecular weight excluding hydrogens is 450 g/mol. The molecule has 192 valence electrons. The summed E-state index contributed by atoms with van der Waals surface area (Å²) in [5, 5.41) is 12.3. The smallest absolute Gasteiger partial charge is 0.335 e. The second-order valence-corrected chi connectivity index (χ2v) is 12.4. The van der Waals surface area contributed by atoms with Crippen molar-refractivity contribution in [3.05, 3.63) is 47.0 Å². The van der Waals surface area contributed by atoms with Gasteiger partial charge in [-0.15, -0.1) is 0 Å². The number of hydrogen-bond donors (Lipinski definition) is 3. The van der Waals surface area contributed by atoms with Crippen molar-refractivity contribution < 1.29 is 14.7 Å². The van der Waals surface area contributed by atoms with Crippen LogP contribution in [0.5, 0.6) is 0 Å². The monoisotopic (exact) mass is 489 g/mol. The number of aryl methyl sites for hydroxylation is 1. The van der Waals surface area contributed by atoms with Gasteiger partial charge in [-0.2, -0.15) is 0 Å². The number of carbonyl (C=O) groups is 2. The summed E-state index contributed by atoms with van der Waals surface area (Å²) in [5.74, 6) is 2.88. The zero-order valence-corrected chi connectivity index (χ0v) is 21.2. The third-order valence-corrected chi connectivity index (χ3v) is 9.69. The first-order chi connectivity index (χ1) is 17.5. The van der Waals surface area contributed by atoms with Crippen LogP contribution in [-0.2, 0) is 6.42 Å². The Balaban J connectivity index is 1.24. The molecule has 0 aliphatic heterocycles. The van der Waals surface area contributed by atoms with Gasteiger partial charge in [-0.1, -0.05) is 31.7 Å². The molecule has 0 radical (unpaired) electrons. The van der Waals surface area contributed by atoms with Gasteiger partial charge in [0.1, 0.15) is 11.5 Å². The van der Waals surface area contributed by atoms with Crippen LogP contribution in [0.3, 0.4) is 0 Å². The second kappa shape index (κ2) is 9.68. The molecule has 4 bridgehead atoms. The van der Waals surface area contributed by atoms with Gasteiger partial charge >= 0.3 is 5.97 Å². The number of aromatic amines is 1. The van der Waals surface area contributed by atoms with Gasteiger partial charge in [-0.05, 0) is 106 Å². The number of aromatic nitrogens is 2. The third kappa shape index (κ3) is 4.83. The standard InChI is InChI=1S/C30H39N3O3/c34-28(31-24-9-5-8-23(15-24)29(35)36)26-25(32-27(33-26)22-6-3-1-2-4-7-22)10-11-30-16-19-12-20(17-30)14-21(13-19)18-30/h5,8-9,15,19-22H,1-4,6-7,10-14,16-18H2,(H,31,34)(H,32,33)(H,35,36). The Morgan fingerprint density at radius 1 is 1.00 bits per heavy atom. The number of amides is 1. The lowest BCUT2D eigenvalue weighted by Gasteiger charge is -2.57. The quantitative estimate of drug-likeness (QED) is 0.367. The van der Waals surface area contributed by atoms with Crippen LogP contribution in [0.2, 0.25) is 0 Å². The van der Waals surface area contributed by atoms with Crippen LogP contribution < -0.4 is 5.32 Å². The Hall–Kier alpha value is -2.63. The first-order valence-electron chi connectivity index (χ1n) is 14.2. The summed E-state index contributed by atoms with van der Waals surface area (Å²) in [6.07, 6.45) is 17.7. The topological polar surface area (TPSA) is 95.1 Å². The third-order valence-electron chi connectivity index (χ3n) is 9.69. The fourth-order valence-electron chi connectivity index (χ4n) is 8.45. The van der Waals surface area contributed by atoms with Crippen LogP contribution in [-0.4, -0.2) is 27.0 Å². The number of imidazole rings is 1. The highest BCUT2D eigenvalue weighted by molar-refractivity contribution is 6.04. The van der Waals surface area contributed by atoms with Gasteiger partial charge in [-0.3, -0.25) is 4.79 Å². The number of nitrogens with zero attached hydrogens (tertiary/aromatic N) is 1. The van der Waals surface area contributed by atoms with Gasteiger partial charge in [0, 0.05) is 17.3 Å². The van der Waals surface area contributed by atoms with Crippen LogP contribution >= 0.6 is 0 Å². The molecule has 7 rings (SSSR count). The molecule has 6 heteroatoms. The van der Waals surface area contributed by atoms with E-state index in [1.54, 1.807) is 12.1 Å². The lowest BCUT2D eigenvalue weighted by Crippen LogP contribution is -2.46. The van der Waals surface area contributed by atoms with Crippen LogP contribution in [0.15, 0.2) is 24.3 Å². The minimum atomic E-state index is -1.00. The summed E-state index contributed by atoms with van der Waals surface area (Å²) in [5.41, 5.74) is 2.57. The minimum Gasteiger partial charge on any atom is -0.478 e. The lowest BCUT2D eigenvalue weighted by atomic mass is 9.48. The summed E-state index contributed by atoms with van der Waals surface area (Å²) < 4.78 is 0. The van der Waals surface area contributed by atoms with Crippen molar-refractivity contribution in [3.8, 4) is 0 Å². The number of carbonyl (C=O) groups excluding carboxylic acids is 1. The van der Waals surface area contributed by atoms with Crippen molar-refractivity contribution in [2.45, 2.75) is 95.8 Å². The number of H-pyrrole nitrogens is 1. The van der Waals surface area contributed by atoms with Crippen LogP contribution in [0.25, 0.3) is 0 Å². The molecular formula is C30H39N3O3. The van der Waals surface area contributed by atoms with Crippen molar-refractivity contribution in [1.29, 1.82) is 0 Å². The molecule has 1 aromatic heterocycles. The second-order valence-electron chi connectivity index (χ2n) is 12.4. The van der Waals surface area contributed by atoms with Gasteiger partial charge < -0.3 is 15.4 Å². The minimum absolute atomic E-state index is 0.163. The van der Waals surface area contributed by atoms with Gasteiger partial charge in [0.25, 0.3) is 5.91 Å². The van der Waals surface area contributed by atoms with Crippen molar-refractivity contribution in [2.75, 3.05) is 5.32 Å². The fraction of sp³-hybridized carbons (Fsp3) is 0.633. The SMILES string of the molecule is O=C(O)c1cccc(NC(=O)c2nc(C3CCCCCC3)[nH]c2CCC23CC4CC(CC(C4)C2)C3)c1. The van der Waals surface area contributed by atoms with Gasteiger partial charge in [-0.25, -0.2) is 9.78 Å². The largest absolute Gasteiger partial charge is 0.478 e. The van der Waals surface area contributed by atoms with E-state index in [4.69, 9.17) is 4.98 Å². The van der Waals surface area contributed by atoms with E-state index in [9.17, 15) is 14.7 Å². The maximum atomic E-state index is 13.5. The molecule has 5 saturated carbocycles. The molecule has 36 heavy (non-hydrogen) atoms. The van der Waals surface area contributed by atoms with Crippen molar-refractivity contribution in [3.63, 3.8) is 0 Å². The van der Waals surface area contributed by atoms with Crippen molar-refractivity contribution in [1.82, 2.24) is 9.97 Å². The van der Waals surface area contributed by atoms with E-state index in [1.165, 1.54) is 76.3 Å². The molecule has 2 aromatic rings. The van der Waals surface area contributed by atoms with Gasteiger partial charge in [0.15, 0.2) is 0 Å². The van der Waals surface area contributed by atoms with E-state index >= 15 is 0 Å². The Kier molecular flexibility index (Phi) is 6.38. The highest BCUT2D eigenvalue weighted by atomic mass is 16.4. The summed E-state index contributed by atoms with van der Waals surface area (Å²) in [4.78, 5) is 33.4. The average molecular weight is 490 g/mol. The molecule has 5 aliphatic rings. The Morgan fingerprint density at radius 2 is 1.67 bits per heavy atom. The predicted octanol–water partition coefficient (Wildman–Crippen LogP) is 6.95. The maximum Gasteiger partial charge on any atom is 0.335 e. The average Bonchev–Trinajstić information content (AvgIpc) is 3.08. The molecule has 3 N–H and O–H groups in total. The van der Waals surface area contributed by atoms with Crippen LogP contribution in [0, 0.1) is 23.2 Å². The van der Waals surface area contributed by atoms with Crippen molar-refractivity contribution >= 4 is 17.6 Å². The van der Waals surface area contributed by atoms with Crippen LogP contribution in [0.1, 0.15) is 122 Å². The van der Waals surface area contributed by atoms with Gasteiger partial charge in [0.05, 0.1) is 5.56 Å². The highest BCUT2D eigenvalue weighted by Gasteiger charge is 2.50. The maximum absolute atomic E-state index is 13.5. The van der Waals surface area contributed by atoms with E-state index in [1.807, 2.05) is 0 Å². The summed E-state index contributed by atoms with van der Waals surface area (Å²) >= 11 is 0. The summed E-state index contributed by atoms with van der Waals surface area (Å²) in [7, 11) is 0. The molecule has 0 saturated heterocycles.